The molecule has 1 atom stereocenters. The van der Waals surface area contributed by atoms with Crippen LogP contribution in [0, 0.1) is 12.7 Å². The van der Waals surface area contributed by atoms with E-state index in [4.69, 9.17) is 4.42 Å². The fourth-order valence-corrected chi connectivity index (χ4v) is 1.93. The molecule has 1 heterocycles. The van der Waals surface area contributed by atoms with Crippen molar-refractivity contribution in [3.8, 4) is 0 Å². The van der Waals surface area contributed by atoms with Crippen LogP contribution in [0.4, 0.5) is 10.1 Å². The van der Waals surface area contributed by atoms with Crippen molar-refractivity contribution in [2.75, 3.05) is 5.32 Å². The van der Waals surface area contributed by atoms with E-state index in [1.165, 1.54) is 18.2 Å². The molecule has 0 aliphatic carbocycles. The van der Waals surface area contributed by atoms with Crippen molar-refractivity contribution in [3.05, 3.63) is 53.7 Å². The van der Waals surface area contributed by atoms with Crippen LogP contribution in [-0.2, 0) is 16.0 Å². The first-order chi connectivity index (χ1) is 10.5. The lowest BCUT2D eigenvalue weighted by Crippen LogP contribution is -2.41. The van der Waals surface area contributed by atoms with Crippen LogP contribution in [0.25, 0.3) is 0 Å². The Morgan fingerprint density at radius 1 is 1.27 bits per heavy atom. The van der Waals surface area contributed by atoms with Gasteiger partial charge in [-0.2, -0.15) is 0 Å². The number of nitrogens with one attached hydrogen (secondary N) is 2. The Kier molecular flexibility index (Phi) is 4.93. The SMILES string of the molecule is Cc1ccc(NC(=O)C(=O)NC(C)Cc2ccco2)cc1F. The maximum atomic E-state index is 13.4. The van der Waals surface area contributed by atoms with Gasteiger partial charge in [-0.1, -0.05) is 6.07 Å². The minimum atomic E-state index is -0.838. The van der Waals surface area contributed by atoms with Gasteiger partial charge >= 0.3 is 11.8 Å². The summed E-state index contributed by atoms with van der Waals surface area (Å²) in [5.74, 6) is -1.34. The van der Waals surface area contributed by atoms with Gasteiger partial charge in [-0.05, 0) is 43.7 Å². The van der Waals surface area contributed by atoms with E-state index in [1.54, 1.807) is 32.2 Å². The molecule has 0 aliphatic heterocycles. The van der Waals surface area contributed by atoms with Crippen LogP contribution in [0.5, 0.6) is 0 Å². The van der Waals surface area contributed by atoms with E-state index in [-0.39, 0.29) is 11.7 Å². The molecule has 0 aliphatic rings. The number of carbonyl (C=O) groups excluding carboxylic acids is 2. The molecule has 1 unspecified atom stereocenters. The minimum absolute atomic E-state index is 0.238. The van der Waals surface area contributed by atoms with Crippen molar-refractivity contribution in [3.63, 3.8) is 0 Å². The van der Waals surface area contributed by atoms with Gasteiger partial charge in [0.05, 0.1) is 6.26 Å². The Balaban J connectivity index is 1.88. The molecule has 6 heteroatoms. The highest BCUT2D eigenvalue weighted by Gasteiger charge is 2.17. The second kappa shape index (κ2) is 6.89. The van der Waals surface area contributed by atoms with Gasteiger partial charge < -0.3 is 15.1 Å². The van der Waals surface area contributed by atoms with E-state index in [2.05, 4.69) is 10.6 Å². The van der Waals surface area contributed by atoms with E-state index in [0.717, 1.165) is 0 Å². The van der Waals surface area contributed by atoms with Crippen LogP contribution in [0.2, 0.25) is 0 Å². The van der Waals surface area contributed by atoms with E-state index in [1.807, 2.05) is 0 Å². The van der Waals surface area contributed by atoms with Gasteiger partial charge in [-0.3, -0.25) is 9.59 Å². The Hall–Kier alpha value is -2.63. The van der Waals surface area contributed by atoms with E-state index >= 15 is 0 Å². The predicted molar refractivity (Wildman–Crippen MR) is 79.8 cm³/mol. The smallest absolute Gasteiger partial charge is 0.313 e. The van der Waals surface area contributed by atoms with Gasteiger partial charge in [0.1, 0.15) is 11.6 Å². The third-order valence-electron chi connectivity index (χ3n) is 3.10. The molecule has 2 N–H and O–H groups in total. The molecule has 1 aromatic heterocycles. The number of furan rings is 1. The summed E-state index contributed by atoms with van der Waals surface area (Å²) in [6, 6.07) is 7.52. The first-order valence-corrected chi connectivity index (χ1v) is 6.86. The highest BCUT2D eigenvalue weighted by Crippen LogP contribution is 2.13. The zero-order valence-electron chi connectivity index (χ0n) is 12.4. The quantitative estimate of drug-likeness (QED) is 0.852. The number of aryl methyl sites for hydroxylation is 1. The summed E-state index contributed by atoms with van der Waals surface area (Å²) in [6.07, 6.45) is 2.02. The number of hydrogen-bond acceptors (Lipinski definition) is 3. The lowest BCUT2D eigenvalue weighted by atomic mass is 10.2. The van der Waals surface area contributed by atoms with Gasteiger partial charge in [-0.25, -0.2) is 4.39 Å². The zero-order valence-corrected chi connectivity index (χ0v) is 12.4. The highest BCUT2D eigenvalue weighted by atomic mass is 19.1. The third kappa shape index (κ3) is 4.18. The lowest BCUT2D eigenvalue weighted by molar-refractivity contribution is -0.136. The number of amides is 2. The van der Waals surface area contributed by atoms with Gasteiger partial charge in [0.2, 0.25) is 0 Å². The topological polar surface area (TPSA) is 71.3 Å². The molecule has 5 nitrogen and oxygen atoms in total. The molecule has 0 spiro atoms. The van der Waals surface area contributed by atoms with E-state index < -0.39 is 17.6 Å². The number of carbonyl (C=O) groups is 2. The zero-order chi connectivity index (χ0) is 16.1. The number of benzene rings is 1. The normalized spacial score (nSPS) is 11.8. The summed E-state index contributed by atoms with van der Waals surface area (Å²) in [5, 5.41) is 4.92. The summed E-state index contributed by atoms with van der Waals surface area (Å²) < 4.78 is 18.6. The first-order valence-electron chi connectivity index (χ1n) is 6.86. The lowest BCUT2D eigenvalue weighted by Gasteiger charge is -2.12. The molecule has 0 saturated heterocycles. The van der Waals surface area contributed by atoms with Gasteiger partial charge in [0, 0.05) is 18.2 Å². The summed E-state index contributed by atoms with van der Waals surface area (Å²) in [4.78, 5) is 23.6. The molecule has 0 radical (unpaired) electrons. The average Bonchev–Trinajstić information content (AvgIpc) is 2.95. The molecular formula is C16H17FN2O3. The van der Waals surface area contributed by atoms with Crippen molar-refractivity contribution in [2.45, 2.75) is 26.3 Å². The first kappa shape index (κ1) is 15.8. The molecular weight excluding hydrogens is 287 g/mol. The molecule has 1 aromatic carbocycles. The molecule has 0 bridgehead atoms. The third-order valence-corrected chi connectivity index (χ3v) is 3.10. The van der Waals surface area contributed by atoms with Crippen molar-refractivity contribution >= 4 is 17.5 Å². The molecule has 2 rings (SSSR count). The molecule has 2 aromatic rings. The summed E-state index contributed by atoms with van der Waals surface area (Å²) in [5.41, 5.74) is 0.705. The van der Waals surface area contributed by atoms with Crippen LogP contribution < -0.4 is 10.6 Å². The minimum Gasteiger partial charge on any atom is -0.469 e. The van der Waals surface area contributed by atoms with E-state index in [9.17, 15) is 14.0 Å². The van der Waals surface area contributed by atoms with E-state index in [0.29, 0.717) is 17.7 Å². The van der Waals surface area contributed by atoms with Crippen LogP contribution >= 0.6 is 0 Å². The number of hydrogen-bond donors (Lipinski definition) is 2. The molecule has 0 saturated carbocycles. The van der Waals surface area contributed by atoms with Gasteiger partial charge in [-0.15, -0.1) is 0 Å². The van der Waals surface area contributed by atoms with Crippen molar-refractivity contribution in [2.24, 2.45) is 0 Å². The Morgan fingerprint density at radius 2 is 2.05 bits per heavy atom. The van der Waals surface area contributed by atoms with Crippen LogP contribution in [0.3, 0.4) is 0 Å². The number of rotatable bonds is 4. The fourth-order valence-electron chi connectivity index (χ4n) is 1.93. The van der Waals surface area contributed by atoms with Crippen LogP contribution in [0.1, 0.15) is 18.2 Å². The Morgan fingerprint density at radius 3 is 2.68 bits per heavy atom. The van der Waals surface area contributed by atoms with Gasteiger partial charge in [0.15, 0.2) is 0 Å². The number of halogens is 1. The van der Waals surface area contributed by atoms with Crippen LogP contribution in [0.15, 0.2) is 41.0 Å². The Bertz CT molecular complexity index is 668. The van der Waals surface area contributed by atoms with Crippen LogP contribution in [-0.4, -0.2) is 17.9 Å². The molecule has 0 fully saturated rings. The summed E-state index contributed by atoms with van der Waals surface area (Å²) in [6.45, 7) is 3.38. The summed E-state index contributed by atoms with van der Waals surface area (Å²) in [7, 11) is 0. The van der Waals surface area contributed by atoms with Crippen molar-refractivity contribution < 1.29 is 18.4 Å². The second-order valence-electron chi connectivity index (χ2n) is 5.08. The van der Waals surface area contributed by atoms with Crippen molar-refractivity contribution in [1.82, 2.24) is 5.32 Å². The molecule has 116 valence electrons. The summed E-state index contributed by atoms with van der Waals surface area (Å²) >= 11 is 0. The van der Waals surface area contributed by atoms with Crippen molar-refractivity contribution in [1.29, 1.82) is 0 Å². The monoisotopic (exact) mass is 304 g/mol. The second-order valence-corrected chi connectivity index (χ2v) is 5.08. The maximum Gasteiger partial charge on any atom is 0.313 e. The maximum absolute atomic E-state index is 13.4. The highest BCUT2D eigenvalue weighted by molar-refractivity contribution is 6.39. The largest absolute Gasteiger partial charge is 0.469 e. The molecule has 2 amide bonds. The predicted octanol–water partition coefficient (Wildman–Crippen LogP) is 2.41. The molecule has 22 heavy (non-hydrogen) atoms. The standard InChI is InChI=1S/C16H17FN2O3/c1-10-5-6-12(9-14(10)17)19-16(21)15(20)18-11(2)8-13-4-3-7-22-13/h3-7,9,11H,8H2,1-2H3,(H,18,20)(H,19,21). The van der Waals surface area contributed by atoms with Gasteiger partial charge in [0.25, 0.3) is 0 Å². The fraction of sp³-hybridized carbons (Fsp3) is 0.250. The average molecular weight is 304 g/mol. The number of anilines is 1. The Labute approximate surface area is 127 Å².